The van der Waals surface area contributed by atoms with E-state index in [9.17, 15) is 4.79 Å². The number of hydrazone groups is 1. The molecule has 0 unspecified atom stereocenters. The van der Waals surface area contributed by atoms with Gasteiger partial charge in [-0.3, -0.25) is 5.43 Å². The normalized spacial score (nSPS) is 10.3. The van der Waals surface area contributed by atoms with Crippen LogP contribution in [0.3, 0.4) is 0 Å². The van der Waals surface area contributed by atoms with Crippen LogP contribution in [-0.2, 0) is 4.74 Å². The average molecular weight is 330 g/mol. The van der Waals surface area contributed by atoms with Gasteiger partial charge < -0.3 is 15.2 Å². The third kappa shape index (κ3) is 5.04. The molecule has 1 aromatic carbocycles. The molecule has 7 nitrogen and oxygen atoms in total. The van der Waals surface area contributed by atoms with Gasteiger partial charge in [-0.1, -0.05) is 0 Å². The van der Waals surface area contributed by atoms with E-state index in [-0.39, 0.29) is 5.11 Å². The summed E-state index contributed by atoms with van der Waals surface area (Å²) < 4.78 is 10.2. The van der Waals surface area contributed by atoms with Crippen LogP contribution < -0.4 is 15.9 Å². The molecule has 0 saturated carbocycles. The highest BCUT2D eigenvalue weighted by Gasteiger charge is 2.07. The van der Waals surface area contributed by atoms with Crippen LogP contribution in [0.5, 0.6) is 11.6 Å². The Labute approximate surface area is 138 Å². The highest BCUT2D eigenvalue weighted by molar-refractivity contribution is 7.80. The maximum absolute atomic E-state index is 11.5. The Kier molecular flexibility index (Phi) is 5.59. The lowest BCUT2D eigenvalue weighted by molar-refractivity contribution is 0.0600. The zero-order valence-corrected chi connectivity index (χ0v) is 13.0. The fraction of sp³-hybridized carbons (Fsp3) is 0.0667. The second-order valence-electron chi connectivity index (χ2n) is 4.28. The lowest BCUT2D eigenvalue weighted by atomic mass is 10.2. The van der Waals surface area contributed by atoms with Crippen molar-refractivity contribution in [2.24, 2.45) is 10.8 Å². The van der Waals surface area contributed by atoms with Gasteiger partial charge in [0, 0.05) is 12.3 Å². The molecule has 2 aromatic rings. The quantitative estimate of drug-likeness (QED) is 0.373. The summed E-state index contributed by atoms with van der Waals surface area (Å²) in [6, 6.07) is 10.1. The number of nitrogens with zero attached hydrogens (tertiary/aromatic N) is 2. The molecule has 0 aliphatic heterocycles. The summed E-state index contributed by atoms with van der Waals surface area (Å²) in [5.74, 6) is 0.414. The molecule has 0 aliphatic carbocycles. The van der Waals surface area contributed by atoms with Crippen molar-refractivity contribution in [3.63, 3.8) is 0 Å². The number of ether oxygens (including phenoxy) is 2. The van der Waals surface area contributed by atoms with Crippen molar-refractivity contribution in [3.8, 4) is 11.6 Å². The van der Waals surface area contributed by atoms with Gasteiger partial charge in [0.15, 0.2) is 5.11 Å². The summed E-state index contributed by atoms with van der Waals surface area (Å²) in [5, 5.41) is 3.94. The molecule has 0 saturated heterocycles. The van der Waals surface area contributed by atoms with E-state index < -0.39 is 5.97 Å². The van der Waals surface area contributed by atoms with Crippen LogP contribution in [0.1, 0.15) is 15.9 Å². The summed E-state index contributed by atoms with van der Waals surface area (Å²) in [7, 11) is 1.32. The number of esters is 1. The molecule has 0 fully saturated rings. The number of benzene rings is 1. The van der Waals surface area contributed by atoms with Crippen molar-refractivity contribution in [3.05, 3.63) is 53.7 Å². The van der Waals surface area contributed by atoms with Gasteiger partial charge >= 0.3 is 5.97 Å². The van der Waals surface area contributed by atoms with Gasteiger partial charge in [0.1, 0.15) is 5.75 Å². The molecule has 1 heterocycles. The Morgan fingerprint density at radius 2 is 2.09 bits per heavy atom. The number of pyridine rings is 1. The number of aromatic nitrogens is 1. The number of thiocarbonyl (C=S) groups is 1. The molecule has 23 heavy (non-hydrogen) atoms. The van der Waals surface area contributed by atoms with Crippen molar-refractivity contribution in [2.45, 2.75) is 0 Å². The van der Waals surface area contributed by atoms with Crippen LogP contribution in [0.4, 0.5) is 0 Å². The molecule has 2 rings (SSSR count). The third-order valence-corrected chi connectivity index (χ3v) is 2.74. The lowest BCUT2D eigenvalue weighted by Gasteiger charge is -2.06. The van der Waals surface area contributed by atoms with Crippen molar-refractivity contribution in [2.75, 3.05) is 7.11 Å². The fourth-order valence-corrected chi connectivity index (χ4v) is 1.68. The van der Waals surface area contributed by atoms with Crippen LogP contribution in [0.2, 0.25) is 0 Å². The number of hydrogen-bond acceptors (Lipinski definition) is 6. The number of rotatable bonds is 5. The van der Waals surface area contributed by atoms with E-state index in [2.05, 4.69) is 32.5 Å². The first-order chi connectivity index (χ1) is 11.1. The minimum Gasteiger partial charge on any atom is -0.465 e. The van der Waals surface area contributed by atoms with Crippen molar-refractivity contribution in [1.82, 2.24) is 10.4 Å². The van der Waals surface area contributed by atoms with E-state index in [0.29, 0.717) is 17.2 Å². The lowest BCUT2D eigenvalue weighted by Crippen LogP contribution is -2.23. The Balaban J connectivity index is 2.05. The molecule has 118 valence electrons. The molecule has 0 amide bonds. The molecule has 0 radical (unpaired) electrons. The van der Waals surface area contributed by atoms with Gasteiger partial charge in [-0.25, -0.2) is 9.78 Å². The van der Waals surface area contributed by atoms with Crippen molar-refractivity contribution in [1.29, 1.82) is 0 Å². The first-order valence-corrected chi connectivity index (χ1v) is 6.90. The Morgan fingerprint density at radius 1 is 1.35 bits per heavy atom. The maximum atomic E-state index is 11.5. The Bertz CT molecular complexity index is 732. The molecule has 8 heteroatoms. The third-order valence-electron chi connectivity index (χ3n) is 2.65. The van der Waals surface area contributed by atoms with Crippen LogP contribution in [0, 0.1) is 0 Å². The van der Waals surface area contributed by atoms with E-state index in [0.717, 1.165) is 5.56 Å². The van der Waals surface area contributed by atoms with E-state index in [1.807, 2.05) is 0 Å². The number of carbonyl (C=O) groups is 1. The van der Waals surface area contributed by atoms with Gasteiger partial charge in [-0.15, -0.1) is 0 Å². The van der Waals surface area contributed by atoms with Crippen molar-refractivity contribution >= 4 is 29.5 Å². The van der Waals surface area contributed by atoms with Gasteiger partial charge in [-0.2, -0.15) is 5.10 Å². The summed E-state index contributed by atoms with van der Waals surface area (Å²) in [6.45, 7) is 0. The monoisotopic (exact) mass is 330 g/mol. The van der Waals surface area contributed by atoms with Crippen LogP contribution in [0.15, 0.2) is 47.7 Å². The van der Waals surface area contributed by atoms with Gasteiger partial charge in [0.25, 0.3) is 0 Å². The summed E-state index contributed by atoms with van der Waals surface area (Å²) >= 11 is 4.64. The molecular weight excluding hydrogens is 316 g/mol. The van der Waals surface area contributed by atoms with E-state index in [4.69, 9.17) is 10.5 Å². The predicted molar refractivity (Wildman–Crippen MR) is 89.6 cm³/mol. The molecule has 1 aromatic heterocycles. The van der Waals surface area contributed by atoms with Crippen molar-refractivity contribution < 1.29 is 14.3 Å². The first kappa shape index (κ1) is 16.4. The van der Waals surface area contributed by atoms with Crippen LogP contribution in [-0.4, -0.2) is 29.4 Å². The smallest absolute Gasteiger partial charge is 0.338 e. The zero-order chi connectivity index (χ0) is 16.7. The molecule has 0 bridgehead atoms. The zero-order valence-electron chi connectivity index (χ0n) is 12.2. The molecule has 0 spiro atoms. The molecule has 3 N–H and O–H groups in total. The second-order valence-corrected chi connectivity index (χ2v) is 4.72. The van der Waals surface area contributed by atoms with Crippen LogP contribution >= 0.6 is 12.2 Å². The number of nitrogens with two attached hydrogens (primary N) is 1. The number of hydrogen-bond donors (Lipinski definition) is 2. The highest BCUT2D eigenvalue weighted by atomic mass is 32.1. The van der Waals surface area contributed by atoms with E-state index >= 15 is 0 Å². The second kappa shape index (κ2) is 7.85. The SMILES string of the molecule is COC(=O)c1ccnc(Oc2ccc(C=NNC(N)=S)cc2)c1. The minimum absolute atomic E-state index is 0.0952. The molecular formula is C15H14N4O3S. The van der Waals surface area contributed by atoms with Crippen LogP contribution in [0.25, 0.3) is 0 Å². The number of carbonyl (C=O) groups excluding carboxylic acids is 1. The van der Waals surface area contributed by atoms with E-state index in [1.54, 1.807) is 36.5 Å². The Hall–Kier alpha value is -3.00. The summed E-state index contributed by atoms with van der Waals surface area (Å²) in [4.78, 5) is 15.5. The number of nitrogens with one attached hydrogen (secondary N) is 1. The highest BCUT2D eigenvalue weighted by Crippen LogP contribution is 2.20. The molecule has 0 aliphatic rings. The average Bonchev–Trinajstić information content (AvgIpc) is 2.55. The minimum atomic E-state index is -0.450. The Morgan fingerprint density at radius 3 is 2.74 bits per heavy atom. The van der Waals surface area contributed by atoms with E-state index in [1.165, 1.54) is 19.4 Å². The number of methoxy groups -OCH3 is 1. The first-order valence-electron chi connectivity index (χ1n) is 6.49. The topological polar surface area (TPSA) is 98.8 Å². The summed E-state index contributed by atoms with van der Waals surface area (Å²) in [6.07, 6.45) is 3.04. The van der Waals surface area contributed by atoms with Gasteiger partial charge in [0.2, 0.25) is 5.88 Å². The predicted octanol–water partition coefficient (Wildman–Crippen LogP) is 1.83. The maximum Gasteiger partial charge on any atom is 0.338 e. The largest absolute Gasteiger partial charge is 0.465 e. The molecule has 0 atom stereocenters. The van der Waals surface area contributed by atoms with Gasteiger partial charge in [0.05, 0.1) is 18.9 Å². The summed E-state index contributed by atoms with van der Waals surface area (Å²) in [5.41, 5.74) is 8.92. The standard InChI is InChI=1S/C15H14N4O3S/c1-21-14(20)11-6-7-17-13(8-11)22-12-4-2-10(3-5-12)9-18-19-15(16)23/h2-9H,1H3,(H3,16,19,23). The van der Waals surface area contributed by atoms with Gasteiger partial charge in [-0.05, 0) is 48.1 Å². The fourth-order valence-electron chi connectivity index (χ4n) is 1.62.